The SMILES string of the molecule is Cc1cc2cc(-c3c4c(nc(CCc5ccc(F)cc5)c3-c3n[nH]c(=O)o3)[C@H]3CCCN3C4=O)sc2c(N[C@H]2CCc3cc(F)c(F)cc32)n1. The number of rotatable bonds is 7. The van der Waals surface area contributed by atoms with Gasteiger partial charge in [-0.3, -0.25) is 9.78 Å². The number of pyridine rings is 2. The smallest absolute Gasteiger partial charge is 0.388 e. The zero-order valence-electron chi connectivity index (χ0n) is 26.8. The predicted molar refractivity (Wildman–Crippen MR) is 182 cm³/mol. The molecular weight excluding hydrogens is 666 g/mol. The van der Waals surface area contributed by atoms with Crippen LogP contribution < -0.4 is 11.1 Å². The van der Waals surface area contributed by atoms with Crippen LogP contribution in [0.15, 0.2) is 57.7 Å². The molecule has 1 aliphatic carbocycles. The summed E-state index contributed by atoms with van der Waals surface area (Å²) in [5.41, 5.74) is 5.94. The number of amides is 1. The fraction of sp³-hybridized carbons (Fsp3) is 0.270. The van der Waals surface area contributed by atoms with Crippen LogP contribution in [0.4, 0.5) is 19.0 Å². The average molecular weight is 695 g/mol. The first-order valence-corrected chi connectivity index (χ1v) is 17.4. The van der Waals surface area contributed by atoms with E-state index in [1.54, 1.807) is 12.1 Å². The maximum Gasteiger partial charge on any atom is 0.434 e. The Morgan fingerprint density at radius 1 is 0.980 bits per heavy atom. The summed E-state index contributed by atoms with van der Waals surface area (Å²) >= 11 is 1.44. The lowest BCUT2D eigenvalue weighted by Crippen LogP contribution is -2.22. The first-order chi connectivity index (χ1) is 24.2. The lowest BCUT2D eigenvalue weighted by Gasteiger charge is -2.16. The summed E-state index contributed by atoms with van der Waals surface area (Å²) in [4.78, 5) is 39.0. The highest BCUT2D eigenvalue weighted by atomic mass is 32.1. The third kappa shape index (κ3) is 5.01. The lowest BCUT2D eigenvalue weighted by atomic mass is 9.93. The molecule has 3 aliphatic rings. The van der Waals surface area contributed by atoms with E-state index < -0.39 is 17.4 Å². The van der Waals surface area contributed by atoms with Crippen LogP contribution >= 0.6 is 11.3 Å². The summed E-state index contributed by atoms with van der Waals surface area (Å²) < 4.78 is 48.4. The van der Waals surface area contributed by atoms with E-state index >= 15 is 0 Å². The van der Waals surface area contributed by atoms with Gasteiger partial charge in [-0.25, -0.2) is 28.0 Å². The highest BCUT2D eigenvalue weighted by Gasteiger charge is 2.45. The number of benzene rings is 2. The third-order valence-electron chi connectivity index (χ3n) is 10.0. The Morgan fingerprint density at radius 2 is 1.80 bits per heavy atom. The number of thiophene rings is 1. The molecule has 2 N–H and O–H groups in total. The van der Waals surface area contributed by atoms with Crippen molar-refractivity contribution < 1.29 is 22.4 Å². The Bertz CT molecular complexity index is 2420. The first-order valence-electron chi connectivity index (χ1n) is 16.6. The minimum atomic E-state index is -0.886. The van der Waals surface area contributed by atoms with Crippen molar-refractivity contribution in [3.63, 3.8) is 0 Å². The number of halogens is 3. The number of carbonyl (C=O) groups excluding carboxylic acids is 1. The lowest BCUT2D eigenvalue weighted by molar-refractivity contribution is 0.0776. The molecule has 0 spiro atoms. The van der Waals surface area contributed by atoms with Gasteiger partial charge in [-0.1, -0.05) is 12.1 Å². The van der Waals surface area contributed by atoms with Crippen molar-refractivity contribution in [2.24, 2.45) is 0 Å². The molecule has 252 valence electrons. The molecule has 0 bridgehead atoms. The van der Waals surface area contributed by atoms with E-state index in [0.717, 1.165) is 44.6 Å². The molecule has 0 radical (unpaired) electrons. The number of fused-ring (bicyclic) bond motifs is 5. The van der Waals surface area contributed by atoms with E-state index in [9.17, 15) is 22.8 Å². The van der Waals surface area contributed by atoms with Crippen molar-refractivity contribution in [1.29, 1.82) is 0 Å². The van der Waals surface area contributed by atoms with Gasteiger partial charge in [-0.05, 0) is 104 Å². The van der Waals surface area contributed by atoms with Gasteiger partial charge in [0.2, 0.25) is 0 Å². The fourth-order valence-electron chi connectivity index (χ4n) is 7.78. The number of anilines is 1. The number of aromatic nitrogens is 4. The minimum absolute atomic E-state index is 0.0243. The second-order valence-corrected chi connectivity index (χ2v) is 14.2. The van der Waals surface area contributed by atoms with Crippen molar-refractivity contribution in [2.75, 3.05) is 11.9 Å². The predicted octanol–water partition coefficient (Wildman–Crippen LogP) is 7.60. The van der Waals surface area contributed by atoms with Gasteiger partial charge in [-0.2, -0.15) is 0 Å². The van der Waals surface area contributed by atoms with Gasteiger partial charge in [0.05, 0.1) is 39.3 Å². The van der Waals surface area contributed by atoms with Gasteiger partial charge in [0.1, 0.15) is 11.6 Å². The summed E-state index contributed by atoms with van der Waals surface area (Å²) in [6.45, 7) is 2.51. The Labute approximate surface area is 287 Å². The number of nitrogens with one attached hydrogen (secondary N) is 2. The summed E-state index contributed by atoms with van der Waals surface area (Å²) in [6, 6.07) is 12.3. The summed E-state index contributed by atoms with van der Waals surface area (Å²) in [5.74, 6) is -2.31. The summed E-state index contributed by atoms with van der Waals surface area (Å²) in [7, 11) is 0. The van der Waals surface area contributed by atoms with Crippen molar-refractivity contribution >= 4 is 33.1 Å². The highest BCUT2D eigenvalue weighted by molar-refractivity contribution is 7.23. The highest BCUT2D eigenvalue weighted by Crippen LogP contribution is 2.50. The largest absolute Gasteiger partial charge is 0.434 e. The molecule has 0 unspecified atom stereocenters. The monoisotopic (exact) mass is 694 g/mol. The van der Waals surface area contributed by atoms with Gasteiger partial charge in [0, 0.05) is 22.7 Å². The van der Waals surface area contributed by atoms with Gasteiger partial charge in [0.25, 0.3) is 11.8 Å². The van der Waals surface area contributed by atoms with E-state index in [0.29, 0.717) is 71.7 Å². The van der Waals surface area contributed by atoms with E-state index in [-0.39, 0.29) is 29.7 Å². The Balaban J connectivity index is 1.22. The van der Waals surface area contributed by atoms with E-state index in [1.807, 2.05) is 24.0 Å². The van der Waals surface area contributed by atoms with Gasteiger partial charge < -0.3 is 14.6 Å². The summed E-state index contributed by atoms with van der Waals surface area (Å²) in [6.07, 6.45) is 3.85. The number of carbonyl (C=O) groups is 1. The molecule has 9 nitrogen and oxygen atoms in total. The van der Waals surface area contributed by atoms with Crippen molar-refractivity contribution in [3.05, 3.63) is 116 Å². The molecule has 6 aromatic rings. The zero-order valence-corrected chi connectivity index (χ0v) is 27.6. The number of aryl methyl sites for hydroxylation is 4. The molecule has 1 amide bonds. The molecule has 6 heterocycles. The molecule has 50 heavy (non-hydrogen) atoms. The Kier molecular flexibility index (Phi) is 7.16. The third-order valence-corrected chi connectivity index (χ3v) is 11.2. The van der Waals surface area contributed by atoms with Crippen molar-refractivity contribution in [2.45, 2.75) is 57.5 Å². The maximum atomic E-state index is 14.3. The van der Waals surface area contributed by atoms with Crippen LogP contribution in [0.3, 0.4) is 0 Å². The Morgan fingerprint density at radius 3 is 2.60 bits per heavy atom. The molecule has 13 heteroatoms. The maximum absolute atomic E-state index is 14.3. The van der Waals surface area contributed by atoms with Crippen molar-refractivity contribution in [1.82, 2.24) is 25.1 Å². The molecule has 2 aromatic carbocycles. The first kappa shape index (κ1) is 30.7. The molecule has 2 aliphatic heterocycles. The number of nitrogens with zero attached hydrogens (tertiary/aromatic N) is 4. The van der Waals surface area contributed by atoms with E-state index in [2.05, 4.69) is 15.5 Å². The van der Waals surface area contributed by atoms with Crippen LogP contribution in [-0.2, 0) is 19.3 Å². The normalized spacial score (nSPS) is 17.8. The van der Waals surface area contributed by atoms with Gasteiger partial charge in [0.15, 0.2) is 11.6 Å². The van der Waals surface area contributed by atoms with Crippen LogP contribution in [0.2, 0.25) is 0 Å². The van der Waals surface area contributed by atoms with Gasteiger partial charge in [-0.15, -0.1) is 16.4 Å². The summed E-state index contributed by atoms with van der Waals surface area (Å²) in [5, 5.41) is 11.0. The molecule has 9 rings (SSSR count). The second-order valence-electron chi connectivity index (χ2n) is 13.1. The van der Waals surface area contributed by atoms with Crippen LogP contribution in [-0.4, -0.2) is 37.5 Å². The van der Waals surface area contributed by atoms with Crippen molar-refractivity contribution in [3.8, 4) is 21.9 Å². The van der Waals surface area contributed by atoms with Crippen LogP contribution in [0.25, 0.3) is 32.0 Å². The molecule has 0 saturated carbocycles. The standard InChI is InChI=1S/C37H29F3N6O3S/c1-17-13-20-15-28(50-33(20)34(41-17)43-25-11-7-19-14-23(39)24(40)16-22(19)25)30-29(35-44-45-37(48)49-35)26(10-6-18-4-8-21(38)9-5-18)42-32-27-3-2-12-46(27)36(47)31(30)32/h4-5,8-9,13-16,25,27H,2-3,6-7,10-12H2,1H3,(H,41,43)(H,45,48)/t25-,27+/m0/s1. The van der Waals surface area contributed by atoms with Crippen LogP contribution in [0.5, 0.6) is 0 Å². The molecular formula is C37H29F3N6O3S. The molecule has 2 atom stereocenters. The van der Waals surface area contributed by atoms with E-state index in [4.69, 9.17) is 14.4 Å². The molecule has 1 saturated heterocycles. The van der Waals surface area contributed by atoms with Crippen LogP contribution in [0.1, 0.15) is 75.5 Å². The number of aromatic amines is 1. The number of hydrogen-bond donors (Lipinski definition) is 2. The minimum Gasteiger partial charge on any atom is -0.388 e. The molecule has 1 fully saturated rings. The number of H-pyrrole nitrogens is 1. The van der Waals surface area contributed by atoms with Gasteiger partial charge >= 0.3 is 5.76 Å². The topological polar surface area (TPSA) is 117 Å². The Hall–Kier alpha value is -5.30. The zero-order chi connectivity index (χ0) is 34.3. The number of hydrogen-bond acceptors (Lipinski definition) is 8. The molecule has 4 aromatic heterocycles. The average Bonchev–Trinajstić information content (AvgIpc) is 3.93. The quantitative estimate of drug-likeness (QED) is 0.177. The fourth-order valence-corrected chi connectivity index (χ4v) is 8.92. The van der Waals surface area contributed by atoms with E-state index in [1.165, 1.54) is 35.6 Å². The van der Waals surface area contributed by atoms with Crippen LogP contribution in [0, 0.1) is 24.4 Å². The second kappa shape index (κ2) is 11.7.